The molecule has 2 aliphatic rings. The number of nitrogens with one attached hydrogen (secondary N) is 1. The summed E-state index contributed by atoms with van der Waals surface area (Å²) in [5, 5.41) is 3.05. The molecule has 1 aliphatic carbocycles. The number of rotatable bonds is 6. The Kier molecular flexibility index (Phi) is 5.92. The number of ether oxygens (including phenoxy) is 1. The van der Waals surface area contributed by atoms with E-state index in [0.29, 0.717) is 12.0 Å². The molecule has 1 saturated heterocycles. The molecule has 2 fully saturated rings. The molecule has 1 aromatic rings. The minimum absolute atomic E-state index is 0.0359. The van der Waals surface area contributed by atoms with Gasteiger partial charge in [0.1, 0.15) is 6.61 Å². The first-order valence-electron chi connectivity index (χ1n) is 8.99. The van der Waals surface area contributed by atoms with Crippen LogP contribution in [0.2, 0.25) is 0 Å². The normalized spacial score (nSPS) is 22.3. The monoisotopic (exact) mass is 316 g/mol. The van der Waals surface area contributed by atoms with Crippen molar-refractivity contribution in [3.8, 4) is 0 Å². The minimum Gasteiger partial charge on any atom is -0.371 e. The predicted molar refractivity (Wildman–Crippen MR) is 92.6 cm³/mol. The van der Waals surface area contributed by atoms with E-state index in [1.54, 1.807) is 0 Å². The zero-order chi connectivity index (χ0) is 15.9. The minimum atomic E-state index is 0.0359. The van der Waals surface area contributed by atoms with Crippen molar-refractivity contribution in [1.82, 2.24) is 5.32 Å². The van der Waals surface area contributed by atoms with E-state index in [0.717, 1.165) is 38.9 Å². The molecule has 0 unspecified atom stereocenters. The van der Waals surface area contributed by atoms with Crippen LogP contribution in [0.3, 0.4) is 0 Å². The van der Waals surface area contributed by atoms with Gasteiger partial charge < -0.3 is 15.0 Å². The van der Waals surface area contributed by atoms with Gasteiger partial charge in [-0.05, 0) is 37.3 Å². The Labute approximate surface area is 139 Å². The summed E-state index contributed by atoms with van der Waals surface area (Å²) in [6.07, 6.45) is 7.45. The second kappa shape index (κ2) is 8.34. The molecule has 1 aromatic carbocycles. The number of carbonyl (C=O) groups excluding carboxylic acids is 1. The molecule has 23 heavy (non-hydrogen) atoms. The zero-order valence-corrected chi connectivity index (χ0v) is 13.9. The summed E-state index contributed by atoms with van der Waals surface area (Å²) in [7, 11) is 0. The van der Waals surface area contributed by atoms with Gasteiger partial charge in [-0.2, -0.15) is 0 Å². The highest BCUT2D eigenvalue weighted by Gasteiger charge is 2.23. The van der Waals surface area contributed by atoms with Crippen molar-refractivity contribution in [3.05, 3.63) is 30.3 Å². The molecule has 1 aliphatic heterocycles. The van der Waals surface area contributed by atoms with Gasteiger partial charge in [0.25, 0.3) is 0 Å². The van der Waals surface area contributed by atoms with Crippen molar-refractivity contribution in [1.29, 1.82) is 0 Å². The molecule has 0 aromatic heterocycles. The molecule has 0 spiro atoms. The Balaban J connectivity index is 1.33. The van der Waals surface area contributed by atoms with Crippen molar-refractivity contribution < 1.29 is 9.53 Å². The number of hydrogen-bond donors (Lipinski definition) is 1. The highest BCUT2D eigenvalue weighted by molar-refractivity contribution is 5.77. The third-order valence-corrected chi connectivity index (χ3v) is 5.00. The fraction of sp³-hybridized carbons (Fsp3) is 0.632. The fourth-order valence-electron chi connectivity index (χ4n) is 3.61. The van der Waals surface area contributed by atoms with Crippen molar-refractivity contribution in [2.45, 2.75) is 44.6 Å². The van der Waals surface area contributed by atoms with Gasteiger partial charge in [-0.1, -0.05) is 37.5 Å². The fourth-order valence-corrected chi connectivity index (χ4v) is 3.61. The Morgan fingerprint density at radius 1 is 1.13 bits per heavy atom. The van der Waals surface area contributed by atoms with Gasteiger partial charge in [-0.3, -0.25) is 4.79 Å². The maximum atomic E-state index is 11.9. The van der Waals surface area contributed by atoms with Crippen LogP contribution >= 0.6 is 0 Å². The van der Waals surface area contributed by atoms with Crippen LogP contribution in [-0.2, 0) is 9.53 Å². The average Bonchev–Trinajstić information content (AvgIpc) is 3.09. The Morgan fingerprint density at radius 3 is 2.70 bits per heavy atom. The summed E-state index contributed by atoms with van der Waals surface area (Å²) in [5.74, 6) is 0.572. The van der Waals surface area contributed by atoms with Crippen LogP contribution in [0, 0.1) is 5.92 Å². The average molecular weight is 316 g/mol. The number of amides is 1. The number of hydrogen-bond acceptors (Lipinski definition) is 3. The van der Waals surface area contributed by atoms with E-state index < -0.39 is 0 Å². The van der Waals surface area contributed by atoms with Crippen LogP contribution in [0.4, 0.5) is 5.69 Å². The molecule has 4 heteroatoms. The molecule has 1 saturated carbocycles. The van der Waals surface area contributed by atoms with Crippen LogP contribution in [0.5, 0.6) is 0 Å². The molecule has 126 valence electrons. The zero-order valence-electron chi connectivity index (χ0n) is 13.9. The molecule has 0 bridgehead atoms. The molecule has 1 heterocycles. The molecule has 0 radical (unpaired) electrons. The van der Waals surface area contributed by atoms with Crippen molar-refractivity contribution in [3.63, 3.8) is 0 Å². The van der Waals surface area contributed by atoms with Crippen LogP contribution in [-0.4, -0.2) is 38.3 Å². The Hall–Kier alpha value is -1.55. The van der Waals surface area contributed by atoms with Crippen molar-refractivity contribution in [2.75, 3.05) is 31.1 Å². The molecular formula is C19H28N2O2. The third-order valence-electron chi connectivity index (χ3n) is 5.00. The summed E-state index contributed by atoms with van der Waals surface area (Å²) in [6.45, 7) is 3.08. The molecule has 1 N–H and O–H groups in total. The lowest BCUT2D eigenvalue weighted by Gasteiger charge is -2.22. The van der Waals surface area contributed by atoms with Crippen LogP contribution in [0.1, 0.15) is 38.5 Å². The summed E-state index contributed by atoms with van der Waals surface area (Å²) < 4.78 is 5.73. The number of carbonyl (C=O) groups is 1. The van der Waals surface area contributed by atoms with Crippen LogP contribution < -0.4 is 10.2 Å². The van der Waals surface area contributed by atoms with Gasteiger partial charge in [-0.15, -0.1) is 0 Å². The SMILES string of the molecule is O=C(COC1CCCCC1)NC[C@H]1CCN(c2ccccc2)C1. The van der Waals surface area contributed by atoms with Gasteiger partial charge in [0.05, 0.1) is 6.10 Å². The molecule has 1 amide bonds. The smallest absolute Gasteiger partial charge is 0.246 e. The standard InChI is InChI=1S/C19H28N2O2/c22-19(15-23-18-9-5-2-6-10-18)20-13-16-11-12-21(14-16)17-7-3-1-4-8-17/h1,3-4,7-8,16,18H,2,5-6,9-15H2,(H,20,22)/t16-/m1/s1. The van der Waals surface area contributed by atoms with E-state index >= 15 is 0 Å². The molecule has 4 nitrogen and oxygen atoms in total. The van der Waals surface area contributed by atoms with E-state index in [2.05, 4.69) is 34.5 Å². The summed E-state index contributed by atoms with van der Waals surface area (Å²) in [5.41, 5.74) is 1.28. The molecule has 1 atom stereocenters. The van der Waals surface area contributed by atoms with Gasteiger partial charge in [0.15, 0.2) is 0 Å². The number of nitrogens with zero attached hydrogens (tertiary/aromatic N) is 1. The first-order chi connectivity index (χ1) is 11.3. The van der Waals surface area contributed by atoms with E-state index in [4.69, 9.17) is 4.74 Å². The lowest BCUT2D eigenvalue weighted by atomic mass is 9.98. The highest BCUT2D eigenvalue weighted by atomic mass is 16.5. The second-order valence-corrected chi connectivity index (χ2v) is 6.81. The van der Waals surface area contributed by atoms with E-state index in [-0.39, 0.29) is 12.5 Å². The summed E-state index contributed by atoms with van der Waals surface area (Å²) in [4.78, 5) is 14.3. The largest absolute Gasteiger partial charge is 0.371 e. The first kappa shape index (κ1) is 16.3. The summed E-state index contributed by atoms with van der Waals surface area (Å²) >= 11 is 0. The van der Waals surface area contributed by atoms with Gasteiger partial charge in [0, 0.05) is 25.3 Å². The van der Waals surface area contributed by atoms with Crippen LogP contribution in [0.25, 0.3) is 0 Å². The maximum Gasteiger partial charge on any atom is 0.246 e. The Morgan fingerprint density at radius 2 is 1.91 bits per heavy atom. The maximum absolute atomic E-state index is 11.9. The number of anilines is 1. The van der Waals surface area contributed by atoms with E-state index in [9.17, 15) is 4.79 Å². The van der Waals surface area contributed by atoms with E-state index in [1.807, 2.05) is 6.07 Å². The molecule has 3 rings (SSSR count). The highest BCUT2D eigenvalue weighted by Crippen LogP contribution is 2.23. The molecular weight excluding hydrogens is 288 g/mol. The lowest BCUT2D eigenvalue weighted by molar-refractivity contribution is -0.128. The summed E-state index contributed by atoms with van der Waals surface area (Å²) in [6, 6.07) is 10.5. The van der Waals surface area contributed by atoms with E-state index in [1.165, 1.54) is 24.9 Å². The first-order valence-corrected chi connectivity index (χ1v) is 8.99. The van der Waals surface area contributed by atoms with Gasteiger partial charge in [0.2, 0.25) is 5.91 Å². The van der Waals surface area contributed by atoms with Crippen molar-refractivity contribution in [2.24, 2.45) is 5.92 Å². The second-order valence-electron chi connectivity index (χ2n) is 6.81. The topological polar surface area (TPSA) is 41.6 Å². The predicted octanol–water partition coefficient (Wildman–Crippen LogP) is 2.98. The number of para-hydroxylation sites is 1. The quantitative estimate of drug-likeness (QED) is 0.877. The number of benzene rings is 1. The van der Waals surface area contributed by atoms with Gasteiger partial charge in [-0.25, -0.2) is 0 Å². The van der Waals surface area contributed by atoms with Crippen LogP contribution in [0.15, 0.2) is 30.3 Å². The van der Waals surface area contributed by atoms with Gasteiger partial charge >= 0.3 is 0 Å². The lowest BCUT2D eigenvalue weighted by Crippen LogP contribution is -2.34. The van der Waals surface area contributed by atoms with Crippen molar-refractivity contribution >= 4 is 11.6 Å². The third kappa shape index (κ3) is 4.96. The Bertz CT molecular complexity index is 485.